The molecule has 1 aromatic heterocycles. The summed E-state index contributed by atoms with van der Waals surface area (Å²) in [5, 5.41) is 12.0. The summed E-state index contributed by atoms with van der Waals surface area (Å²) in [6.07, 6.45) is 4.32. The number of rotatable bonds is 4. The largest absolute Gasteiger partial charge is 0.393 e. The van der Waals surface area contributed by atoms with Gasteiger partial charge in [-0.25, -0.2) is 9.97 Å². The fourth-order valence-electron chi connectivity index (χ4n) is 1.75. The van der Waals surface area contributed by atoms with Crippen LogP contribution in [0.25, 0.3) is 0 Å². The molecule has 1 heterocycles. The summed E-state index contributed by atoms with van der Waals surface area (Å²) in [4.78, 5) is 21.4. The molecule has 1 aromatic rings. The minimum Gasteiger partial charge on any atom is -0.393 e. The summed E-state index contributed by atoms with van der Waals surface area (Å²) in [6, 6.07) is 1.84. The Labute approximate surface area is 99.7 Å². The van der Waals surface area contributed by atoms with Crippen LogP contribution in [0.3, 0.4) is 0 Å². The number of likely N-dealkylation sites (N-methyl/N-ethyl adjacent to an activating group) is 1. The van der Waals surface area contributed by atoms with Crippen molar-refractivity contribution in [3.63, 3.8) is 0 Å². The van der Waals surface area contributed by atoms with E-state index in [0.717, 1.165) is 0 Å². The molecular formula is C11H16N4O2. The van der Waals surface area contributed by atoms with Gasteiger partial charge in [0.25, 0.3) is 0 Å². The Kier molecular flexibility index (Phi) is 3.53. The minimum absolute atomic E-state index is 0.0724. The Balaban J connectivity index is 1.78. The molecule has 2 rings (SSSR count). The van der Waals surface area contributed by atoms with E-state index in [2.05, 4.69) is 15.3 Å². The SMILES string of the molecule is CN(CC(=O)NC1CC(O)C1)c1ncccn1. The zero-order valence-electron chi connectivity index (χ0n) is 9.71. The van der Waals surface area contributed by atoms with Crippen molar-refractivity contribution in [3.8, 4) is 0 Å². The Morgan fingerprint density at radius 2 is 2.18 bits per heavy atom. The van der Waals surface area contributed by atoms with Crippen LogP contribution in [-0.4, -0.2) is 46.7 Å². The number of carbonyl (C=O) groups is 1. The molecule has 17 heavy (non-hydrogen) atoms. The summed E-state index contributed by atoms with van der Waals surface area (Å²) in [6.45, 7) is 0.219. The van der Waals surface area contributed by atoms with E-state index in [1.165, 1.54) is 0 Å². The van der Waals surface area contributed by atoms with Crippen molar-refractivity contribution in [2.75, 3.05) is 18.5 Å². The number of hydrogen-bond acceptors (Lipinski definition) is 5. The van der Waals surface area contributed by atoms with Crippen molar-refractivity contribution >= 4 is 11.9 Å². The Hall–Kier alpha value is -1.69. The molecule has 1 aliphatic rings. The number of carbonyl (C=O) groups excluding carboxylic acids is 1. The molecule has 1 saturated carbocycles. The number of hydrogen-bond donors (Lipinski definition) is 2. The van der Waals surface area contributed by atoms with Crippen LogP contribution >= 0.6 is 0 Å². The van der Waals surface area contributed by atoms with Crippen LogP contribution in [0.1, 0.15) is 12.8 Å². The maximum atomic E-state index is 11.6. The van der Waals surface area contributed by atoms with Crippen molar-refractivity contribution in [1.82, 2.24) is 15.3 Å². The van der Waals surface area contributed by atoms with E-state index in [0.29, 0.717) is 18.8 Å². The third-order valence-corrected chi connectivity index (χ3v) is 2.75. The van der Waals surface area contributed by atoms with E-state index in [-0.39, 0.29) is 24.6 Å². The number of nitrogens with one attached hydrogen (secondary N) is 1. The van der Waals surface area contributed by atoms with Gasteiger partial charge in [-0.2, -0.15) is 0 Å². The number of aliphatic hydroxyl groups excluding tert-OH is 1. The van der Waals surface area contributed by atoms with Gasteiger partial charge in [-0.1, -0.05) is 0 Å². The summed E-state index contributed by atoms with van der Waals surface area (Å²) >= 11 is 0. The van der Waals surface area contributed by atoms with E-state index in [9.17, 15) is 4.79 Å². The Bertz CT molecular complexity index is 378. The monoisotopic (exact) mass is 236 g/mol. The van der Waals surface area contributed by atoms with Crippen molar-refractivity contribution < 1.29 is 9.90 Å². The zero-order chi connectivity index (χ0) is 12.3. The molecule has 6 nitrogen and oxygen atoms in total. The lowest BCUT2D eigenvalue weighted by Crippen LogP contribution is -2.49. The van der Waals surface area contributed by atoms with Crippen LogP contribution in [0.2, 0.25) is 0 Å². The van der Waals surface area contributed by atoms with Crippen LogP contribution in [0, 0.1) is 0 Å². The zero-order valence-corrected chi connectivity index (χ0v) is 9.71. The molecule has 1 fully saturated rings. The first-order chi connectivity index (χ1) is 8.15. The number of anilines is 1. The van der Waals surface area contributed by atoms with Crippen LogP contribution in [0.4, 0.5) is 5.95 Å². The highest BCUT2D eigenvalue weighted by Gasteiger charge is 2.28. The van der Waals surface area contributed by atoms with Crippen molar-refractivity contribution in [1.29, 1.82) is 0 Å². The second kappa shape index (κ2) is 5.09. The highest BCUT2D eigenvalue weighted by Crippen LogP contribution is 2.19. The third kappa shape index (κ3) is 3.13. The number of nitrogens with zero attached hydrogens (tertiary/aromatic N) is 3. The van der Waals surface area contributed by atoms with E-state index >= 15 is 0 Å². The topological polar surface area (TPSA) is 78.4 Å². The van der Waals surface area contributed by atoms with E-state index < -0.39 is 0 Å². The summed E-state index contributed by atoms with van der Waals surface area (Å²) in [5.41, 5.74) is 0. The molecule has 0 bridgehead atoms. The molecule has 0 aromatic carbocycles. The van der Waals surface area contributed by atoms with Crippen molar-refractivity contribution in [3.05, 3.63) is 18.5 Å². The average Bonchev–Trinajstić information content (AvgIpc) is 2.28. The Morgan fingerprint density at radius 1 is 1.53 bits per heavy atom. The second-order valence-electron chi connectivity index (χ2n) is 4.29. The van der Waals surface area contributed by atoms with Crippen molar-refractivity contribution in [2.45, 2.75) is 25.0 Å². The van der Waals surface area contributed by atoms with Gasteiger partial charge in [0.05, 0.1) is 12.6 Å². The average molecular weight is 236 g/mol. The Morgan fingerprint density at radius 3 is 2.76 bits per heavy atom. The van der Waals surface area contributed by atoms with Gasteiger partial charge in [-0.3, -0.25) is 4.79 Å². The summed E-state index contributed by atoms with van der Waals surface area (Å²) in [5.74, 6) is 0.452. The molecule has 0 saturated heterocycles. The van der Waals surface area contributed by atoms with E-state index in [1.54, 1.807) is 30.4 Å². The van der Waals surface area contributed by atoms with Crippen LogP contribution in [-0.2, 0) is 4.79 Å². The normalized spacial score (nSPS) is 22.7. The molecule has 0 atom stereocenters. The van der Waals surface area contributed by atoms with Gasteiger partial charge in [-0.15, -0.1) is 0 Å². The fourth-order valence-corrected chi connectivity index (χ4v) is 1.75. The molecular weight excluding hydrogens is 220 g/mol. The quantitative estimate of drug-likeness (QED) is 0.740. The molecule has 0 spiro atoms. The highest BCUT2D eigenvalue weighted by molar-refractivity contribution is 5.81. The molecule has 1 aliphatic carbocycles. The minimum atomic E-state index is -0.254. The first-order valence-electron chi connectivity index (χ1n) is 5.60. The molecule has 92 valence electrons. The lowest BCUT2D eigenvalue weighted by atomic mass is 9.89. The first kappa shape index (κ1) is 11.8. The molecule has 2 N–H and O–H groups in total. The summed E-state index contributed by atoms with van der Waals surface area (Å²) < 4.78 is 0. The van der Waals surface area contributed by atoms with Crippen LogP contribution in [0.15, 0.2) is 18.5 Å². The molecule has 0 aliphatic heterocycles. The van der Waals surface area contributed by atoms with Gasteiger partial charge >= 0.3 is 0 Å². The molecule has 6 heteroatoms. The molecule has 0 unspecified atom stereocenters. The summed E-state index contributed by atoms with van der Waals surface area (Å²) in [7, 11) is 1.77. The first-order valence-corrected chi connectivity index (χ1v) is 5.60. The maximum Gasteiger partial charge on any atom is 0.239 e. The van der Waals surface area contributed by atoms with Gasteiger partial charge in [-0.05, 0) is 18.9 Å². The van der Waals surface area contributed by atoms with Gasteiger partial charge in [0.15, 0.2) is 0 Å². The van der Waals surface area contributed by atoms with Crippen molar-refractivity contribution in [2.24, 2.45) is 0 Å². The van der Waals surface area contributed by atoms with E-state index in [4.69, 9.17) is 5.11 Å². The van der Waals surface area contributed by atoms with Gasteiger partial charge in [0.1, 0.15) is 0 Å². The number of aromatic nitrogens is 2. The maximum absolute atomic E-state index is 11.6. The van der Waals surface area contributed by atoms with Gasteiger partial charge in [0.2, 0.25) is 11.9 Å². The van der Waals surface area contributed by atoms with Crippen LogP contribution in [0.5, 0.6) is 0 Å². The van der Waals surface area contributed by atoms with Crippen LogP contribution < -0.4 is 10.2 Å². The van der Waals surface area contributed by atoms with Gasteiger partial charge in [0, 0.05) is 25.5 Å². The molecule has 1 amide bonds. The third-order valence-electron chi connectivity index (χ3n) is 2.75. The molecule has 0 radical (unpaired) electrons. The fraction of sp³-hybridized carbons (Fsp3) is 0.545. The highest BCUT2D eigenvalue weighted by atomic mass is 16.3. The number of amides is 1. The second-order valence-corrected chi connectivity index (χ2v) is 4.29. The van der Waals surface area contributed by atoms with E-state index in [1.807, 2.05) is 0 Å². The smallest absolute Gasteiger partial charge is 0.239 e. The number of aliphatic hydroxyl groups is 1. The lowest BCUT2D eigenvalue weighted by molar-refractivity contribution is -0.121. The predicted molar refractivity (Wildman–Crippen MR) is 62.5 cm³/mol. The standard InChI is InChI=1S/C11H16N4O2/c1-15(11-12-3-2-4-13-11)7-10(17)14-8-5-9(16)6-8/h2-4,8-9,16H,5-7H2,1H3,(H,14,17). The lowest BCUT2D eigenvalue weighted by Gasteiger charge is -2.32. The van der Waals surface area contributed by atoms with Gasteiger partial charge < -0.3 is 15.3 Å². The predicted octanol–water partition coefficient (Wildman–Crippen LogP) is -0.448.